The molecule has 214 valence electrons. The molecule has 0 aliphatic rings. The van der Waals surface area contributed by atoms with E-state index in [9.17, 15) is 0 Å². The first-order valence-electron chi connectivity index (χ1n) is 15.3. The van der Waals surface area contributed by atoms with Crippen molar-refractivity contribution in [3.05, 3.63) is 152 Å². The Bertz CT molecular complexity index is 2510. The van der Waals surface area contributed by atoms with Crippen molar-refractivity contribution in [2.75, 3.05) is 0 Å². The van der Waals surface area contributed by atoms with Gasteiger partial charge >= 0.3 is 0 Å². The maximum Gasteiger partial charge on any atom is 0.164 e. The summed E-state index contributed by atoms with van der Waals surface area (Å²) in [6, 6.07) is 49.6. The van der Waals surface area contributed by atoms with E-state index in [1.165, 1.54) is 5.39 Å². The van der Waals surface area contributed by atoms with E-state index in [0.717, 1.165) is 65.9 Å². The van der Waals surface area contributed by atoms with Gasteiger partial charge in [0.05, 0.1) is 16.7 Å². The number of benzene rings is 6. The van der Waals surface area contributed by atoms with Gasteiger partial charge in [-0.05, 0) is 17.5 Å². The fourth-order valence-electron chi connectivity index (χ4n) is 6.41. The minimum Gasteiger partial charge on any atom is -0.256 e. The van der Waals surface area contributed by atoms with Crippen LogP contribution in [0.25, 0.3) is 88.8 Å². The van der Waals surface area contributed by atoms with Crippen LogP contribution in [-0.4, -0.2) is 24.9 Å². The third-order valence-electron chi connectivity index (χ3n) is 8.54. The Kier molecular flexibility index (Phi) is 6.06. The minimum absolute atomic E-state index is 0.623. The van der Waals surface area contributed by atoms with Gasteiger partial charge in [0.2, 0.25) is 0 Å². The number of hydrogen-bond acceptors (Lipinski definition) is 5. The van der Waals surface area contributed by atoms with Gasteiger partial charge < -0.3 is 0 Å². The first-order valence-corrected chi connectivity index (χ1v) is 15.3. The molecule has 0 saturated carbocycles. The van der Waals surface area contributed by atoms with Crippen LogP contribution in [0, 0.1) is 0 Å². The SMILES string of the molecule is c1ccc(-c2nc(-c3ccccc3)nc(-c3ccc(-c4nc5ccccc5c5c6cccnc6c6ccccc6c45)cc3)n2)cc1. The van der Waals surface area contributed by atoms with Gasteiger partial charge in [-0.1, -0.05) is 133 Å². The summed E-state index contributed by atoms with van der Waals surface area (Å²) in [6.07, 6.45) is 1.87. The lowest BCUT2D eigenvalue weighted by atomic mass is 9.91. The van der Waals surface area contributed by atoms with E-state index in [1.807, 2.05) is 79.0 Å². The molecule has 5 heteroatoms. The van der Waals surface area contributed by atoms with Crippen LogP contribution in [0.2, 0.25) is 0 Å². The Labute approximate surface area is 264 Å². The zero-order chi connectivity index (χ0) is 30.5. The Morgan fingerprint density at radius 2 is 0.826 bits per heavy atom. The van der Waals surface area contributed by atoms with Crippen LogP contribution < -0.4 is 0 Å². The molecule has 0 unspecified atom stereocenters. The highest BCUT2D eigenvalue weighted by molar-refractivity contribution is 6.32. The number of pyridine rings is 2. The number of hydrogen-bond donors (Lipinski definition) is 0. The Hall–Kier alpha value is -6.33. The molecule has 0 radical (unpaired) electrons. The summed E-state index contributed by atoms with van der Waals surface area (Å²) in [7, 11) is 0. The fourth-order valence-corrected chi connectivity index (χ4v) is 6.41. The largest absolute Gasteiger partial charge is 0.256 e. The lowest BCUT2D eigenvalue weighted by Gasteiger charge is -2.16. The summed E-state index contributed by atoms with van der Waals surface area (Å²) in [4.78, 5) is 24.8. The van der Waals surface area contributed by atoms with Gasteiger partial charge in [0.1, 0.15) is 0 Å². The van der Waals surface area contributed by atoms with E-state index in [0.29, 0.717) is 17.5 Å². The van der Waals surface area contributed by atoms with Crippen molar-refractivity contribution in [2.24, 2.45) is 0 Å². The highest BCUT2D eigenvalue weighted by atomic mass is 15.0. The summed E-state index contributed by atoms with van der Waals surface area (Å²) in [5, 5.41) is 6.80. The zero-order valence-corrected chi connectivity index (χ0v) is 24.7. The van der Waals surface area contributed by atoms with Crippen LogP contribution in [0.3, 0.4) is 0 Å². The number of aromatic nitrogens is 5. The topological polar surface area (TPSA) is 64.5 Å². The van der Waals surface area contributed by atoms with Crippen LogP contribution in [0.1, 0.15) is 0 Å². The normalized spacial score (nSPS) is 11.5. The second-order valence-electron chi connectivity index (χ2n) is 11.3. The van der Waals surface area contributed by atoms with Crippen LogP contribution in [0.15, 0.2) is 152 Å². The van der Waals surface area contributed by atoms with Crippen LogP contribution in [0.4, 0.5) is 0 Å². The van der Waals surface area contributed by atoms with Gasteiger partial charge in [-0.3, -0.25) is 4.98 Å². The average Bonchev–Trinajstić information content (AvgIpc) is 3.15. The van der Waals surface area contributed by atoms with E-state index in [1.54, 1.807) is 0 Å². The van der Waals surface area contributed by atoms with Gasteiger partial charge in [0.25, 0.3) is 0 Å². The smallest absolute Gasteiger partial charge is 0.164 e. The molecule has 0 spiro atoms. The van der Waals surface area contributed by atoms with Crippen molar-refractivity contribution < 1.29 is 0 Å². The van der Waals surface area contributed by atoms with Crippen LogP contribution >= 0.6 is 0 Å². The molecule has 0 amide bonds. The molecule has 9 rings (SSSR count). The summed E-state index contributed by atoms with van der Waals surface area (Å²) < 4.78 is 0. The zero-order valence-electron chi connectivity index (χ0n) is 24.7. The fraction of sp³-hybridized carbons (Fsp3) is 0. The molecule has 3 aromatic heterocycles. The van der Waals surface area contributed by atoms with E-state index < -0.39 is 0 Å². The quantitative estimate of drug-likeness (QED) is 0.192. The average molecular weight is 588 g/mol. The van der Waals surface area contributed by atoms with E-state index in [4.69, 9.17) is 24.9 Å². The first kappa shape index (κ1) is 26.1. The monoisotopic (exact) mass is 587 g/mol. The highest BCUT2D eigenvalue weighted by Gasteiger charge is 2.18. The van der Waals surface area contributed by atoms with Gasteiger partial charge in [0, 0.05) is 55.4 Å². The molecule has 0 bridgehead atoms. The number of para-hydroxylation sites is 1. The van der Waals surface area contributed by atoms with E-state index >= 15 is 0 Å². The lowest BCUT2D eigenvalue weighted by Crippen LogP contribution is -2.00. The van der Waals surface area contributed by atoms with Crippen molar-refractivity contribution in [2.45, 2.75) is 0 Å². The lowest BCUT2D eigenvalue weighted by molar-refractivity contribution is 1.07. The second-order valence-corrected chi connectivity index (χ2v) is 11.3. The molecule has 0 atom stereocenters. The van der Waals surface area contributed by atoms with Crippen LogP contribution in [-0.2, 0) is 0 Å². The molecule has 5 nitrogen and oxygen atoms in total. The Morgan fingerprint density at radius 1 is 0.326 bits per heavy atom. The summed E-state index contributed by atoms with van der Waals surface area (Å²) in [5.41, 5.74) is 6.71. The molecule has 9 aromatic rings. The van der Waals surface area contributed by atoms with Crippen LogP contribution in [0.5, 0.6) is 0 Å². The molecule has 0 aliphatic carbocycles. The maximum atomic E-state index is 5.28. The molecule has 0 aliphatic heterocycles. The molecule has 0 fully saturated rings. The third kappa shape index (κ3) is 4.29. The molecule has 3 heterocycles. The second kappa shape index (κ2) is 10.7. The molecule has 46 heavy (non-hydrogen) atoms. The minimum atomic E-state index is 0.623. The van der Waals surface area contributed by atoms with Crippen molar-refractivity contribution in [1.82, 2.24) is 24.9 Å². The third-order valence-corrected chi connectivity index (χ3v) is 8.54. The standard InChI is InChI=1S/C41H25N5/c1-3-12-27(13-4-1)39-44-40(28-14-5-2-6-15-28)46-41(45-39)29-23-21-26(22-24-29)37-36-30-16-7-8-17-31(30)38-33(19-11-25-42-38)35(36)32-18-9-10-20-34(32)43-37/h1-25H. The van der Waals surface area contributed by atoms with Gasteiger partial charge in [-0.25, -0.2) is 19.9 Å². The van der Waals surface area contributed by atoms with Crippen molar-refractivity contribution >= 4 is 43.4 Å². The van der Waals surface area contributed by atoms with E-state index in [-0.39, 0.29) is 0 Å². The van der Waals surface area contributed by atoms with Crippen molar-refractivity contribution in [3.8, 4) is 45.4 Å². The number of fused-ring (bicyclic) bond motifs is 8. The first-order chi connectivity index (χ1) is 22.8. The molecule has 0 N–H and O–H groups in total. The van der Waals surface area contributed by atoms with E-state index in [2.05, 4.69) is 72.8 Å². The molecule has 0 saturated heterocycles. The van der Waals surface area contributed by atoms with Crippen molar-refractivity contribution in [1.29, 1.82) is 0 Å². The van der Waals surface area contributed by atoms with Gasteiger partial charge in [0.15, 0.2) is 17.5 Å². The predicted octanol–water partition coefficient (Wildman–Crippen LogP) is 9.94. The Morgan fingerprint density at radius 3 is 1.48 bits per heavy atom. The maximum absolute atomic E-state index is 5.28. The summed E-state index contributed by atoms with van der Waals surface area (Å²) in [6.45, 7) is 0. The predicted molar refractivity (Wildman–Crippen MR) is 187 cm³/mol. The molecular weight excluding hydrogens is 562 g/mol. The number of nitrogens with zero attached hydrogens (tertiary/aromatic N) is 5. The van der Waals surface area contributed by atoms with Gasteiger partial charge in [-0.15, -0.1) is 0 Å². The summed E-state index contributed by atoms with van der Waals surface area (Å²) >= 11 is 0. The molecule has 6 aromatic carbocycles. The van der Waals surface area contributed by atoms with Gasteiger partial charge in [-0.2, -0.15) is 0 Å². The number of rotatable bonds is 4. The summed E-state index contributed by atoms with van der Waals surface area (Å²) in [5.74, 6) is 1.91. The Balaban J connectivity index is 1.26. The molecular formula is C41H25N5. The van der Waals surface area contributed by atoms with Crippen molar-refractivity contribution in [3.63, 3.8) is 0 Å². The highest BCUT2D eigenvalue weighted by Crippen LogP contribution is 2.42.